The summed E-state index contributed by atoms with van der Waals surface area (Å²) in [7, 11) is 0.500. The van der Waals surface area contributed by atoms with Crippen LogP contribution in [0.15, 0.2) is 36.7 Å². The van der Waals surface area contributed by atoms with E-state index in [1.165, 1.54) is 12.2 Å². The van der Waals surface area contributed by atoms with E-state index >= 15 is 0 Å². The van der Waals surface area contributed by atoms with Crippen LogP contribution in [0.25, 0.3) is 0 Å². The lowest BCUT2D eigenvalue weighted by Gasteiger charge is -1.75. The minimum absolute atomic E-state index is 0.337. The van der Waals surface area contributed by atoms with Crippen LogP contribution < -0.4 is 0 Å². The predicted octanol–water partition coefficient (Wildman–Crippen LogP) is 4.16. The maximum Gasteiger partial charge on any atom is 0.108 e. The standard InChI is InChI=1S/C5H7F.C4H7F.CH3F/c1-3-5(2)4-6;1-2-3-4-5;1-2/h3-4H,1H2,2H3;2-3H,4H2,1H3;1H3/b5-4-;3-2+;. The van der Waals surface area contributed by atoms with Crippen LogP contribution >= 0.6 is 0 Å². The third-order valence-electron chi connectivity index (χ3n) is 0.819. The molecule has 0 saturated carbocycles. The Morgan fingerprint density at radius 2 is 1.85 bits per heavy atom. The summed E-state index contributed by atoms with van der Waals surface area (Å²) in [6.07, 6.45) is 5.12. The van der Waals surface area contributed by atoms with Gasteiger partial charge in [-0.3, -0.25) is 4.39 Å². The van der Waals surface area contributed by atoms with Crippen molar-refractivity contribution in [1.29, 1.82) is 0 Å². The van der Waals surface area contributed by atoms with Crippen LogP contribution in [0.4, 0.5) is 13.2 Å². The van der Waals surface area contributed by atoms with Gasteiger partial charge in [0.05, 0.1) is 13.5 Å². The minimum atomic E-state index is -0.337. The van der Waals surface area contributed by atoms with Crippen molar-refractivity contribution < 1.29 is 13.2 Å². The highest BCUT2D eigenvalue weighted by atomic mass is 19.1. The minimum Gasteiger partial charge on any atom is -0.255 e. The van der Waals surface area contributed by atoms with E-state index in [2.05, 4.69) is 6.58 Å². The van der Waals surface area contributed by atoms with Crippen molar-refractivity contribution in [2.75, 3.05) is 13.9 Å². The fraction of sp³-hybridized carbons (Fsp3) is 0.400. The van der Waals surface area contributed by atoms with Crippen molar-refractivity contribution in [1.82, 2.24) is 0 Å². The molecule has 0 aliphatic rings. The summed E-state index contributed by atoms with van der Waals surface area (Å²) < 4.78 is 31.6. The number of allylic oxidation sites excluding steroid dienone is 4. The second-order valence-corrected chi connectivity index (χ2v) is 1.78. The monoisotopic (exact) mass is 194 g/mol. The topological polar surface area (TPSA) is 0 Å². The van der Waals surface area contributed by atoms with Gasteiger partial charge in [0, 0.05) is 0 Å². The summed E-state index contributed by atoms with van der Waals surface area (Å²) in [6.45, 7) is 6.42. The molecule has 0 amide bonds. The third-order valence-corrected chi connectivity index (χ3v) is 0.819. The van der Waals surface area contributed by atoms with Gasteiger partial charge in [0.15, 0.2) is 0 Å². The normalized spacial score (nSPS) is 9.54. The Bertz CT molecular complexity index is 137. The fourth-order valence-electron chi connectivity index (χ4n) is 0.134. The number of halogens is 3. The molecule has 0 radical (unpaired) electrons. The molecular formula is C10H17F3. The Kier molecular flexibility index (Phi) is 31.0. The highest BCUT2D eigenvalue weighted by Gasteiger charge is 1.70. The lowest BCUT2D eigenvalue weighted by atomic mass is 10.4. The van der Waals surface area contributed by atoms with E-state index in [0.717, 1.165) is 0 Å². The lowest BCUT2D eigenvalue weighted by molar-refractivity contribution is 0.561. The van der Waals surface area contributed by atoms with Crippen molar-refractivity contribution in [2.24, 2.45) is 0 Å². The van der Waals surface area contributed by atoms with E-state index in [4.69, 9.17) is 0 Å². The lowest BCUT2D eigenvalue weighted by Crippen LogP contribution is -1.55. The summed E-state index contributed by atoms with van der Waals surface area (Å²) in [6, 6.07) is 0. The highest BCUT2D eigenvalue weighted by Crippen LogP contribution is 1.89. The molecule has 0 fully saturated rings. The predicted molar refractivity (Wildman–Crippen MR) is 52.9 cm³/mol. The Balaban J connectivity index is -0.000000131. The number of alkyl halides is 2. The zero-order valence-electron chi connectivity index (χ0n) is 8.36. The Hall–Kier alpha value is -0.990. The van der Waals surface area contributed by atoms with Gasteiger partial charge in [-0.1, -0.05) is 24.8 Å². The first-order chi connectivity index (χ1) is 6.22. The van der Waals surface area contributed by atoms with Crippen molar-refractivity contribution >= 4 is 0 Å². The van der Waals surface area contributed by atoms with Gasteiger partial charge in [-0.25, -0.2) is 8.78 Å². The van der Waals surface area contributed by atoms with Crippen LogP contribution in [0.3, 0.4) is 0 Å². The smallest absolute Gasteiger partial charge is 0.108 e. The molecule has 0 aromatic carbocycles. The van der Waals surface area contributed by atoms with Gasteiger partial charge in [0.1, 0.15) is 6.67 Å². The molecule has 0 bridgehead atoms. The largest absolute Gasteiger partial charge is 0.255 e. The maximum atomic E-state index is 11.2. The zero-order chi connectivity index (χ0) is 11.1. The van der Waals surface area contributed by atoms with Crippen LogP contribution in [-0.2, 0) is 0 Å². The molecule has 0 saturated heterocycles. The van der Waals surface area contributed by atoms with Crippen molar-refractivity contribution in [3.05, 3.63) is 36.7 Å². The van der Waals surface area contributed by atoms with E-state index in [-0.39, 0.29) is 6.67 Å². The third kappa shape index (κ3) is 35.6. The second kappa shape index (κ2) is 22.5. The molecule has 3 heteroatoms. The van der Waals surface area contributed by atoms with Gasteiger partial charge in [-0.15, -0.1) is 0 Å². The summed E-state index contributed by atoms with van der Waals surface area (Å²) in [5.41, 5.74) is 0.565. The molecule has 13 heavy (non-hydrogen) atoms. The number of hydrogen-bond donors (Lipinski definition) is 0. The summed E-state index contributed by atoms with van der Waals surface area (Å²) >= 11 is 0. The first-order valence-electron chi connectivity index (χ1n) is 3.67. The van der Waals surface area contributed by atoms with Crippen LogP contribution in [0.5, 0.6) is 0 Å². The van der Waals surface area contributed by atoms with E-state index in [1.54, 1.807) is 19.9 Å². The van der Waals surface area contributed by atoms with Crippen LogP contribution in [0.1, 0.15) is 13.8 Å². The SMILES string of the molecule is C/C=C/CF.C=C/C(C)=C\F.CF. The Morgan fingerprint density at radius 1 is 1.38 bits per heavy atom. The van der Waals surface area contributed by atoms with Gasteiger partial charge in [-0.05, 0) is 19.4 Å². The first kappa shape index (κ1) is 17.9. The molecule has 0 nitrogen and oxygen atoms in total. The van der Waals surface area contributed by atoms with E-state index in [9.17, 15) is 13.2 Å². The average molecular weight is 194 g/mol. The molecule has 0 unspecified atom stereocenters. The molecule has 0 heterocycles. The molecule has 0 atom stereocenters. The molecule has 0 rings (SSSR count). The summed E-state index contributed by atoms with van der Waals surface area (Å²) in [4.78, 5) is 0. The number of rotatable bonds is 2. The van der Waals surface area contributed by atoms with Crippen molar-refractivity contribution in [3.63, 3.8) is 0 Å². The molecule has 0 aromatic heterocycles. The van der Waals surface area contributed by atoms with E-state index in [1.807, 2.05) is 0 Å². The van der Waals surface area contributed by atoms with Crippen LogP contribution in [0.2, 0.25) is 0 Å². The molecule has 0 aromatic rings. The number of hydrogen-bond acceptors (Lipinski definition) is 0. The molecule has 0 spiro atoms. The van der Waals surface area contributed by atoms with E-state index in [0.29, 0.717) is 19.1 Å². The molecule has 0 aliphatic heterocycles. The van der Waals surface area contributed by atoms with Gasteiger partial charge in [-0.2, -0.15) is 0 Å². The maximum absolute atomic E-state index is 11.2. The van der Waals surface area contributed by atoms with Gasteiger partial charge < -0.3 is 0 Å². The van der Waals surface area contributed by atoms with Gasteiger partial charge in [0.2, 0.25) is 0 Å². The Morgan fingerprint density at radius 3 is 1.85 bits per heavy atom. The van der Waals surface area contributed by atoms with Gasteiger partial charge >= 0.3 is 0 Å². The molecule has 78 valence electrons. The highest BCUT2D eigenvalue weighted by molar-refractivity contribution is 5.08. The van der Waals surface area contributed by atoms with Crippen LogP contribution in [0, 0.1) is 0 Å². The fourth-order valence-corrected chi connectivity index (χ4v) is 0.134. The zero-order valence-corrected chi connectivity index (χ0v) is 8.36. The first-order valence-corrected chi connectivity index (χ1v) is 3.67. The molecular weight excluding hydrogens is 177 g/mol. The Labute approximate surface area is 78.5 Å². The quantitative estimate of drug-likeness (QED) is 0.457. The van der Waals surface area contributed by atoms with Crippen LogP contribution in [-0.4, -0.2) is 13.9 Å². The van der Waals surface area contributed by atoms with Crippen molar-refractivity contribution in [3.8, 4) is 0 Å². The molecule has 0 aliphatic carbocycles. The summed E-state index contributed by atoms with van der Waals surface area (Å²) in [5, 5.41) is 0. The van der Waals surface area contributed by atoms with Gasteiger partial charge in [0.25, 0.3) is 0 Å². The second-order valence-electron chi connectivity index (χ2n) is 1.78. The molecule has 0 N–H and O–H groups in total. The van der Waals surface area contributed by atoms with Crippen molar-refractivity contribution in [2.45, 2.75) is 13.8 Å². The van der Waals surface area contributed by atoms with E-state index < -0.39 is 0 Å². The summed E-state index contributed by atoms with van der Waals surface area (Å²) in [5.74, 6) is 0. The average Bonchev–Trinajstić information content (AvgIpc) is 2.22.